The van der Waals surface area contributed by atoms with Crippen LogP contribution >= 0.6 is 27.3 Å². The molecule has 0 atom stereocenters. The Morgan fingerprint density at radius 1 is 1.44 bits per heavy atom. The third kappa shape index (κ3) is 3.10. The van der Waals surface area contributed by atoms with Gasteiger partial charge in [-0.2, -0.15) is 0 Å². The van der Waals surface area contributed by atoms with Gasteiger partial charge in [-0.1, -0.05) is 6.07 Å². The highest BCUT2D eigenvalue weighted by atomic mass is 79.9. The second kappa shape index (κ2) is 5.82. The number of hydrogen-bond acceptors (Lipinski definition) is 4. The maximum absolute atomic E-state index is 5.65. The average Bonchev–Trinajstić information content (AvgIpc) is 2.74. The van der Waals surface area contributed by atoms with E-state index in [2.05, 4.69) is 50.4 Å². The number of anilines is 1. The van der Waals surface area contributed by atoms with E-state index in [-0.39, 0.29) is 0 Å². The van der Waals surface area contributed by atoms with E-state index in [9.17, 15) is 0 Å². The summed E-state index contributed by atoms with van der Waals surface area (Å²) < 4.78 is 1.16. The van der Waals surface area contributed by atoms with Crippen LogP contribution in [0.5, 0.6) is 0 Å². The monoisotopic (exact) mass is 325 g/mol. The zero-order valence-electron chi connectivity index (χ0n) is 10.5. The number of nitrogens with zero attached hydrogens (tertiary/aromatic N) is 2. The van der Waals surface area contributed by atoms with Gasteiger partial charge in [0.1, 0.15) is 5.82 Å². The first-order valence-corrected chi connectivity index (χ1v) is 7.38. The number of hydrogen-bond donors (Lipinski definition) is 1. The van der Waals surface area contributed by atoms with E-state index in [0.717, 1.165) is 27.4 Å². The van der Waals surface area contributed by atoms with Gasteiger partial charge in [-0.05, 0) is 51.5 Å². The van der Waals surface area contributed by atoms with Crippen LogP contribution in [0.4, 0.5) is 5.82 Å². The molecule has 0 radical (unpaired) electrons. The van der Waals surface area contributed by atoms with Gasteiger partial charge in [-0.3, -0.25) is 0 Å². The molecule has 5 heteroatoms. The molecule has 0 spiro atoms. The lowest BCUT2D eigenvalue weighted by atomic mass is 10.2. The molecule has 0 aliphatic heterocycles. The first-order valence-electron chi connectivity index (χ1n) is 5.71. The Labute approximate surface area is 120 Å². The molecule has 0 saturated carbocycles. The quantitative estimate of drug-likeness (QED) is 0.937. The fourth-order valence-corrected chi connectivity index (χ4v) is 2.99. The number of aromatic nitrogens is 1. The minimum Gasteiger partial charge on any atom is -0.355 e. The summed E-state index contributed by atoms with van der Waals surface area (Å²) in [6.45, 7) is 3.40. The molecule has 2 rings (SSSR count). The zero-order chi connectivity index (χ0) is 13.1. The summed E-state index contributed by atoms with van der Waals surface area (Å²) in [5.74, 6) is 0.979. The maximum atomic E-state index is 5.65. The van der Waals surface area contributed by atoms with Crippen LogP contribution in [-0.4, -0.2) is 12.0 Å². The van der Waals surface area contributed by atoms with Crippen LogP contribution in [0.3, 0.4) is 0 Å². The lowest BCUT2D eigenvalue weighted by molar-refractivity contribution is 0.886. The molecule has 2 aromatic rings. The van der Waals surface area contributed by atoms with E-state index < -0.39 is 0 Å². The second-order valence-corrected chi connectivity index (χ2v) is 6.52. The van der Waals surface area contributed by atoms with Gasteiger partial charge in [0, 0.05) is 25.8 Å². The molecule has 2 aromatic heterocycles. The van der Waals surface area contributed by atoms with Gasteiger partial charge in [0.15, 0.2) is 0 Å². The number of nitrogens with two attached hydrogens (primary N) is 1. The van der Waals surface area contributed by atoms with E-state index in [1.54, 1.807) is 11.3 Å². The van der Waals surface area contributed by atoms with Crippen LogP contribution in [-0.2, 0) is 13.1 Å². The van der Waals surface area contributed by atoms with Crippen molar-refractivity contribution >= 4 is 33.1 Å². The Morgan fingerprint density at radius 2 is 2.22 bits per heavy atom. The van der Waals surface area contributed by atoms with Gasteiger partial charge in [-0.15, -0.1) is 11.3 Å². The van der Waals surface area contributed by atoms with Gasteiger partial charge >= 0.3 is 0 Å². The molecule has 2 heterocycles. The first kappa shape index (κ1) is 13.5. The molecule has 0 aliphatic carbocycles. The van der Waals surface area contributed by atoms with E-state index in [0.29, 0.717) is 6.54 Å². The molecule has 0 fully saturated rings. The molecule has 18 heavy (non-hydrogen) atoms. The highest BCUT2D eigenvalue weighted by Gasteiger charge is 2.07. The van der Waals surface area contributed by atoms with Crippen molar-refractivity contribution in [2.24, 2.45) is 5.73 Å². The second-order valence-electron chi connectivity index (χ2n) is 4.23. The molecule has 0 saturated heterocycles. The smallest absolute Gasteiger partial charge is 0.128 e. The maximum Gasteiger partial charge on any atom is 0.128 e. The van der Waals surface area contributed by atoms with Crippen molar-refractivity contribution in [2.45, 2.75) is 20.0 Å². The van der Waals surface area contributed by atoms with Gasteiger partial charge in [0.05, 0.1) is 3.79 Å². The lowest BCUT2D eigenvalue weighted by Gasteiger charge is -2.18. The molecule has 2 N–H and O–H groups in total. The molecular formula is C13H16BrN3S. The minimum atomic E-state index is 0.542. The molecule has 0 aromatic carbocycles. The van der Waals surface area contributed by atoms with Crippen molar-refractivity contribution < 1.29 is 0 Å². The van der Waals surface area contributed by atoms with Crippen molar-refractivity contribution in [3.05, 3.63) is 44.2 Å². The third-order valence-electron chi connectivity index (χ3n) is 2.83. The summed E-state index contributed by atoms with van der Waals surface area (Å²) in [6, 6.07) is 6.22. The number of thiophene rings is 1. The van der Waals surface area contributed by atoms with Crippen LogP contribution < -0.4 is 10.6 Å². The average molecular weight is 326 g/mol. The van der Waals surface area contributed by atoms with Crippen molar-refractivity contribution in [1.82, 2.24) is 4.98 Å². The lowest BCUT2D eigenvalue weighted by Crippen LogP contribution is -2.18. The van der Waals surface area contributed by atoms with Crippen LogP contribution in [0.1, 0.15) is 16.8 Å². The Kier molecular flexibility index (Phi) is 4.37. The van der Waals surface area contributed by atoms with Crippen molar-refractivity contribution in [3.8, 4) is 0 Å². The van der Waals surface area contributed by atoms with Crippen LogP contribution in [0.25, 0.3) is 0 Å². The van der Waals surface area contributed by atoms with Crippen molar-refractivity contribution in [2.75, 3.05) is 11.9 Å². The molecule has 3 nitrogen and oxygen atoms in total. The normalized spacial score (nSPS) is 10.7. The SMILES string of the molecule is Cc1nc(N(C)Cc2csc(Br)c2)ccc1CN. The van der Waals surface area contributed by atoms with Crippen LogP contribution in [0, 0.1) is 6.92 Å². The predicted molar refractivity (Wildman–Crippen MR) is 81.0 cm³/mol. The molecule has 0 amide bonds. The molecule has 96 valence electrons. The van der Waals surface area contributed by atoms with E-state index >= 15 is 0 Å². The topological polar surface area (TPSA) is 42.2 Å². The van der Waals surface area contributed by atoms with Crippen LogP contribution in [0.2, 0.25) is 0 Å². The van der Waals surface area contributed by atoms with Gasteiger partial charge in [0.25, 0.3) is 0 Å². The standard InChI is InChI=1S/C13H16BrN3S/c1-9-11(6-15)3-4-13(16-9)17(2)7-10-5-12(14)18-8-10/h3-5,8H,6-7,15H2,1-2H3. The molecule has 0 unspecified atom stereocenters. The van der Waals surface area contributed by atoms with Gasteiger partial charge in [0.2, 0.25) is 0 Å². The minimum absolute atomic E-state index is 0.542. The molecular weight excluding hydrogens is 310 g/mol. The largest absolute Gasteiger partial charge is 0.355 e. The Balaban J connectivity index is 2.13. The third-order valence-corrected chi connectivity index (χ3v) is 4.39. The predicted octanol–water partition coefficient (Wildman–Crippen LogP) is 3.31. The number of rotatable bonds is 4. The van der Waals surface area contributed by atoms with Crippen LogP contribution in [0.15, 0.2) is 27.4 Å². The summed E-state index contributed by atoms with van der Waals surface area (Å²) in [7, 11) is 2.05. The van der Waals surface area contributed by atoms with E-state index in [1.807, 2.05) is 13.0 Å². The summed E-state index contributed by atoms with van der Waals surface area (Å²) in [5, 5.41) is 2.15. The zero-order valence-corrected chi connectivity index (χ0v) is 12.9. The van der Waals surface area contributed by atoms with Gasteiger partial charge < -0.3 is 10.6 Å². The fourth-order valence-electron chi connectivity index (χ4n) is 1.79. The number of pyridine rings is 1. The fraction of sp³-hybridized carbons (Fsp3) is 0.308. The number of aryl methyl sites for hydroxylation is 1. The summed E-state index contributed by atoms with van der Waals surface area (Å²) >= 11 is 5.18. The van der Waals surface area contributed by atoms with E-state index in [1.165, 1.54) is 5.56 Å². The summed E-state index contributed by atoms with van der Waals surface area (Å²) in [6.07, 6.45) is 0. The highest BCUT2D eigenvalue weighted by Crippen LogP contribution is 2.23. The highest BCUT2D eigenvalue weighted by molar-refractivity contribution is 9.11. The molecule has 0 aliphatic rings. The first-order chi connectivity index (χ1) is 8.60. The Hall–Kier alpha value is -0.910. The molecule has 0 bridgehead atoms. The Morgan fingerprint density at radius 3 is 2.78 bits per heavy atom. The van der Waals surface area contributed by atoms with E-state index in [4.69, 9.17) is 5.73 Å². The summed E-state index contributed by atoms with van der Waals surface area (Å²) in [5.41, 5.74) is 9.04. The Bertz CT molecular complexity index is 539. The van der Waals surface area contributed by atoms with Crippen molar-refractivity contribution in [3.63, 3.8) is 0 Å². The number of halogens is 1. The van der Waals surface area contributed by atoms with Gasteiger partial charge in [-0.25, -0.2) is 4.98 Å². The summed E-state index contributed by atoms with van der Waals surface area (Å²) in [4.78, 5) is 6.73. The van der Waals surface area contributed by atoms with Crippen molar-refractivity contribution in [1.29, 1.82) is 0 Å².